The molecule has 0 radical (unpaired) electrons. The number of fused-ring (bicyclic) bond motifs is 2. The average Bonchev–Trinajstić information content (AvgIpc) is 2.66. The predicted octanol–water partition coefficient (Wildman–Crippen LogP) is 1.54. The van der Waals surface area contributed by atoms with Gasteiger partial charge >= 0.3 is 0 Å². The van der Waals surface area contributed by atoms with Crippen molar-refractivity contribution in [2.45, 2.75) is 12.5 Å². The molecule has 0 bridgehead atoms. The number of rotatable bonds is 0. The van der Waals surface area contributed by atoms with Gasteiger partial charge in [0.1, 0.15) is 0 Å². The first-order valence-electron chi connectivity index (χ1n) is 5.20. The minimum absolute atomic E-state index is 0.313. The molecule has 1 aromatic rings. The van der Waals surface area contributed by atoms with Crippen molar-refractivity contribution in [1.29, 1.82) is 0 Å². The Bertz CT molecular complexity index is 348. The fraction of sp³-hybridized carbons (Fsp3) is 0.500. The first kappa shape index (κ1) is 8.45. The topological polar surface area (TPSA) is 29.5 Å². The van der Waals surface area contributed by atoms with Crippen LogP contribution in [0.1, 0.15) is 17.2 Å². The summed E-state index contributed by atoms with van der Waals surface area (Å²) in [7, 11) is 0. The summed E-state index contributed by atoms with van der Waals surface area (Å²) in [4.78, 5) is 0. The second kappa shape index (κ2) is 3.07. The summed E-state index contributed by atoms with van der Waals surface area (Å²) in [6.07, 6.45) is 0.755. The Balaban J connectivity index is 2.04. The Kier molecular flexibility index (Phi) is 1.85. The van der Waals surface area contributed by atoms with E-state index in [9.17, 15) is 5.11 Å². The molecule has 0 spiro atoms. The van der Waals surface area contributed by atoms with Crippen LogP contribution in [-0.2, 0) is 11.2 Å². The van der Waals surface area contributed by atoms with Crippen LogP contribution in [0.25, 0.3) is 0 Å². The van der Waals surface area contributed by atoms with Gasteiger partial charge in [0.05, 0.1) is 19.3 Å². The third kappa shape index (κ3) is 1.11. The molecule has 2 nitrogen and oxygen atoms in total. The summed E-state index contributed by atoms with van der Waals surface area (Å²) in [6, 6.07) is 8.20. The van der Waals surface area contributed by atoms with Gasteiger partial charge in [-0.1, -0.05) is 24.3 Å². The van der Waals surface area contributed by atoms with Crippen molar-refractivity contribution in [3.8, 4) is 0 Å². The quantitative estimate of drug-likeness (QED) is 0.672. The zero-order valence-electron chi connectivity index (χ0n) is 8.02. The second-order valence-electron chi connectivity index (χ2n) is 4.31. The van der Waals surface area contributed by atoms with E-state index in [-0.39, 0.29) is 6.10 Å². The highest BCUT2D eigenvalue weighted by Gasteiger charge is 2.39. The van der Waals surface area contributed by atoms with E-state index in [0.717, 1.165) is 25.2 Å². The number of hydrogen-bond donors (Lipinski definition) is 1. The lowest BCUT2D eigenvalue weighted by Gasteiger charge is -2.30. The Morgan fingerprint density at radius 2 is 2.07 bits per heavy atom. The molecule has 3 unspecified atom stereocenters. The molecule has 1 saturated heterocycles. The minimum Gasteiger partial charge on any atom is -0.388 e. The Labute approximate surface area is 83.5 Å². The molecule has 3 rings (SSSR count). The summed E-state index contributed by atoms with van der Waals surface area (Å²) in [5, 5.41) is 10.2. The standard InChI is InChI=1S/C12H14O2/c13-12-10-4-2-1-3-8(10)5-9-6-14-7-11(9)12/h1-4,9,11-13H,5-7H2. The van der Waals surface area contributed by atoms with E-state index in [1.165, 1.54) is 5.56 Å². The van der Waals surface area contributed by atoms with E-state index >= 15 is 0 Å². The highest BCUT2D eigenvalue weighted by atomic mass is 16.5. The Hall–Kier alpha value is -0.860. The van der Waals surface area contributed by atoms with E-state index in [2.05, 4.69) is 6.07 Å². The SMILES string of the molecule is OC1c2ccccc2CC2COCC21. The van der Waals surface area contributed by atoms with Crippen LogP contribution >= 0.6 is 0 Å². The molecule has 1 heterocycles. The number of ether oxygens (including phenoxy) is 1. The van der Waals surface area contributed by atoms with Crippen LogP contribution in [0, 0.1) is 11.8 Å². The monoisotopic (exact) mass is 190 g/mol. The van der Waals surface area contributed by atoms with Crippen LogP contribution in [0.4, 0.5) is 0 Å². The molecular formula is C12H14O2. The molecule has 14 heavy (non-hydrogen) atoms. The number of benzene rings is 1. The third-order valence-corrected chi connectivity index (χ3v) is 3.51. The first-order chi connectivity index (χ1) is 6.86. The van der Waals surface area contributed by atoms with E-state index in [1.807, 2.05) is 18.2 Å². The van der Waals surface area contributed by atoms with Gasteiger partial charge in [0, 0.05) is 5.92 Å². The summed E-state index contributed by atoms with van der Waals surface area (Å²) in [6.45, 7) is 1.54. The molecule has 1 aromatic carbocycles. The van der Waals surface area contributed by atoms with Crippen LogP contribution in [0.15, 0.2) is 24.3 Å². The van der Waals surface area contributed by atoms with Gasteiger partial charge in [-0.15, -0.1) is 0 Å². The first-order valence-corrected chi connectivity index (χ1v) is 5.20. The van der Waals surface area contributed by atoms with Crippen LogP contribution < -0.4 is 0 Å². The molecular weight excluding hydrogens is 176 g/mol. The molecule has 1 aliphatic carbocycles. The van der Waals surface area contributed by atoms with Gasteiger partial charge in [-0.05, 0) is 23.5 Å². The maximum Gasteiger partial charge on any atom is 0.0846 e. The molecule has 1 fully saturated rings. The Morgan fingerprint density at radius 3 is 3.00 bits per heavy atom. The van der Waals surface area contributed by atoms with Crippen molar-refractivity contribution >= 4 is 0 Å². The normalized spacial score (nSPS) is 35.1. The van der Waals surface area contributed by atoms with Crippen LogP contribution in [0.5, 0.6) is 0 Å². The molecule has 0 amide bonds. The van der Waals surface area contributed by atoms with Gasteiger partial charge in [0.15, 0.2) is 0 Å². The molecule has 1 aliphatic heterocycles. The zero-order chi connectivity index (χ0) is 9.54. The maximum absolute atomic E-state index is 10.2. The van der Waals surface area contributed by atoms with Crippen molar-refractivity contribution in [3.05, 3.63) is 35.4 Å². The zero-order valence-corrected chi connectivity index (χ0v) is 8.02. The fourth-order valence-corrected chi connectivity index (χ4v) is 2.70. The smallest absolute Gasteiger partial charge is 0.0846 e. The van der Waals surface area contributed by atoms with Crippen LogP contribution in [0.3, 0.4) is 0 Å². The molecule has 0 saturated carbocycles. The number of aliphatic hydroxyl groups is 1. The lowest BCUT2D eigenvalue weighted by molar-refractivity contribution is 0.0731. The molecule has 74 valence electrons. The highest BCUT2D eigenvalue weighted by molar-refractivity contribution is 5.33. The molecule has 1 N–H and O–H groups in total. The molecule has 0 aromatic heterocycles. The van der Waals surface area contributed by atoms with Gasteiger partial charge in [0.25, 0.3) is 0 Å². The summed E-state index contributed by atoms with van der Waals surface area (Å²) >= 11 is 0. The van der Waals surface area contributed by atoms with Crippen LogP contribution in [-0.4, -0.2) is 18.3 Å². The summed E-state index contributed by atoms with van der Waals surface area (Å²) < 4.78 is 5.43. The fourth-order valence-electron chi connectivity index (χ4n) is 2.70. The number of aliphatic hydroxyl groups excluding tert-OH is 1. The minimum atomic E-state index is -0.313. The van der Waals surface area contributed by atoms with E-state index in [0.29, 0.717) is 11.8 Å². The molecule has 2 aliphatic rings. The average molecular weight is 190 g/mol. The largest absolute Gasteiger partial charge is 0.388 e. The van der Waals surface area contributed by atoms with E-state index in [1.54, 1.807) is 0 Å². The van der Waals surface area contributed by atoms with Gasteiger partial charge in [0.2, 0.25) is 0 Å². The van der Waals surface area contributed by atoms with E-state index < -0.39 is 0 Å². The third-order valence-electron chi connectivity index (χ3n) is 3.51. The highest BCUT2D eigenvalue weighted by Crippen LogP contribution is 2.41. The number of hydrogen-bond acceptors (Lipinski definition) is 2. The molecule has 3 atom stereocenters. The van der Waals surface area contributed by atoms with Crippen molar-refractivity contribution < 1.29 is 9.84 Å². The van der Waals surface area contributed by atoms with Crippen molar-refractivity contribution in [2.75, 3.05) is 13.2 Å². The van der Waals surface area contributed by atoms with Gasteiger partial charge in [-0.3, -0.25) is 0 Å². The van der Waals surface area contributed by atoms with Gasteiger partial charge in [-0.2, -0.15) is 0 Å². The van der Waals surface area contributed by atoms with Gasteiger partial charge in [-0.25, -0.2) is 0 Å². The summed E-state index contributed by atoms with van der Waals surface area (Å²) in [5.41, 5.74) is 2.41. The summed E-state index contributed by atoms with van der Waals surface area (Å²) in [5.74, 6) is 0.852. The lowest BCUT2D eigenvalue weighted by atomic mass is 9.76. The van der Waals surface area contributed by atoms with Crippen molar-refractivity contribution in [2.24, 2.45) is 11.8 Å². The second-order valence-corrected chi connectivity index (χ2v) is 4.31. The van der Waals surface area contributed by atoms with Gasteiger partial charge < -0.3 is 9.84 Å². The maximum atomic E-state index is 10.2. The Morgan fingerprint density at radius 1 is 1.21 bits per heavy atom. The predicted molar refractivity (Wildman–Crippen MR) is 52.9 cm³/mol. The van der Waals surface area contributed by atoms with Crippen molar-refractivity contribution in [1.82, 2.24) is 0 Å². The van der Waals surface area contributed by atoms with Crippen molar-refractivity contribution in [3.63, 3.8) is 0 Å². The lowest BCUT2D eigenvalue weighted by Crippen LogP contribution is -2.28. The van der Waals surface area contributed by atoms with E-state index in [4.69, 9.17) is 4.74 Å². The molecule has 2 heteroatoms. The van der Waals surface area contributed by atoms with Crippen LogP contribution in [0.2, 0.25) is 0 Å².